The van der Waals surface area contributed by atoms with E-state index >= 15 is 0 Å². The minimum absolute atomic E-state index is 0. The van der Waals surface area contributed by atoms with Gasteiger partial charge in [-0.25, -0.2) is 4.68 Å². The van der Waals surface area contributed by atoms with Crippen molar-refractivity contribution in [2.75, 3.05) is 0 Å². The zero-order chi connectivity index (χ0) is 14.0. The molecule has 1 heterocycles. The Morgan fingerprint density at radius 1 is 1.35 bits per heavy atom. The number of nitrogens with one attached hydrogen (secondary N) is 1. The third-order valence-corrected chi connectivity index (χ3v) is 2.79. The lowest BCUT2D eigenvalue weighted by molar-refractivity contribution is 0.863. The van der Waals surface area contributed by atoms with Crippen molar-refractivity contribution in [2.45, 2.75) is 13.8 Å². The highest BCUT2D eigenvalue weighted by molar-refractivity contribution is 6.30. The quantitative estimate of drug-likeness (QED) is 0.502. The van der Waals surface area contributed by atoms with Crippen molar-refractivity contribution >= 4 is 41.3 Å². The molecule has 2 rings (SSSR count). The number of hydrogen-bond acceptors (Lipinski definition) is 4. The van der Waals surface area contributed by atoms with Gasteiger partial charge in [-0.2, -0.15) is 10.2 Å². The van der Waals surface area contributed by atoms with E-state index in [1.165, 1.54) is 4.68 Å². The monoisotopic (exact) mass is 312 g/mol. The van der Waals surface area contributed by atoms with Gasteiger partial charge in [-0.1, -0.05) is 17.7 Å². The first-order valence-electron chi connectivity index (χ1n) is 5.57. The summed E-state index contributed by atoms with van der Waals surface area (Å²) in [5, 5.41) is 20.4. The van der Waals surface area contributed by atoms with E-state index in [9.17, 15) is 0 Å². The van der Waals surface area contributed by atoms with Crippen LogP contribution in [-0.2, 0) is 0 Å². The van der Waals surface area contributed by atoms with Crippen LogP contribution in [-0.4, -0.2) is 15.7 Å². The summed E-state index contributed by atoms with van der Waals surface area (Å²) in [5.74, 6) is -0.148. The van der Waals surface area contributed by atoms with Crippen molar-refractivity contribution in [1.29, 1.82) is 5.41 Å². The van der Waals surface area contributed by atoms with Gasteiger partial charge in [-0.15, -0.1) is 17.5 Å². The van der Waals surface area contributed by atoms with Crippen LogP contribution in [0.1, 0.15) is 11.4 Å². The number of hydrogen-bond donors (Lipinski definition) is 2. The molecule has 20 heavy (non-hydrogen) atoms. The Balaban J connectivity index is 0.00000200. The highest BCUT2D eigenvalue weighted by Gasteiger charge is 2.12. The molecular weight excluding hydrogens is 299 g/mol. The van der Waals surface area contributed by atoms with Gasteiger partial charge in [-0.05, 0) is 32.0 Å². The number of nitrogens with two attached hydrogens (primary N) is 1. The minimum Gasteiger partial charge on any atom is -0.368 e. The summed E-state index contributed by atoms with van der Waals surface area (Å²) >= 11 is 5.87. The normalized spacial score (nSPS) is 10.6. The molecule has 0 atom stereocenters. The molecule has 0 spiro atoms. The second-order valence-electron chi connectivity index (χ2n) is 4.00. The van der Waals surface area contributed by atoms with Crippen LogP contribution in [0.2, 0.25) is 5.02 Å². The Kier molecular flexibility index (Phi) is 5.24. The second-order valence-corrected chi connectivity index (χ2v) is 4.43. The van der Waals surface area contributed by atoms with Gasteiger partial charge in [0.15, 0.2) is 0 Å². The molecule has 0 radical (unpaired) electrons. The molecule has 0 aliphatic rings. The Labute approximate surface area is 127 Å². The molecule has 0 fully saturated rings. The summed E-state index contributed by atoms with van der Waals surface area (Å²) in [6.07, 6.45) is 0. The summed E-state index contributed by atoms with van der Waals surface area (Å²) in [4.78, 5) is 0. The van der Waals surface area contributed by atoms with Crippen LogP contribution < -0.4 is 5.73 Å². The summed E-state index contributed by atoms with van der Waals surface area (Å²) < 4.78 is 1.32. The van der Waals surface area contributed by atoms with Gasteiger partial charge in [0.25, 0.3) is 0 Å². The van der Waals surface area contributed by atoms with Crippen molar-refractivity contribution in [3.8, 4) is 0 Å². The van der Waals surface area contributed by atoms with Crippen LogP contribution in [0.5, 0.6) is 0 Å². The number of aromatic nitrogens is 2. The smallest absolute Gasteiger partial charge is 0.213 e. The number of azo groups is 1. The van der Waals surface area contributed by atoms with Gasteiger partial charge < -0.3 is 5.73 Å². The summed E-state index contributed by atoms with van der Waals surface area (Å²) in [5.41, 5.74) is 8.02. The molecule has 0 bridgehead atoms. The van der Waals surface area contributed by atoms with E-state index in [1.54, 1.807) is 38.1 Å². The third-order valence-electron chi connectivity index (χ3n) is 2.55. The molecule has 0 aliphatic carbocycles. The number of rotatable bonds is 2. The van der Waals surface area contributed by atoms with Crippen LogP contribution in [0.25, 0.3) is 0 Å². The summed E-state index contributed by atoms with van der Waals surface area (Å²) in [6.45, 7) is 3.58. The second kappa shape index (κ2) is 6.49. The molecule has 106 valence electrons. The maximum atomic E-state index is 7.40. The first kappa shape index (κ1) is 16.1. The van der Waals surface area contributed by atoms with E-state index in [1.807, 2.05) is 0 Å². The molecule has 8 heteroatoms. The van der Waals surface area contributed by atoms with E-state index < -0.39 is 0 Å². The molecule has 0 saturated carbocycles. The van der Waals surface area contributed by atoms with Gasteiger partial charge in [-0.3, -0.25) is 5.41 Å². The largest absolute Gasteiger partial charge is 0.368 e. The number of halogens is 2. The first-order valence-corrected chi connectivity index (χ1v) is 5.95. The van der Waals surface area contributed by atoms with Gasteiger partial charge in [0.05, 0.1) is 17.1 Å². The Hall–Kier alpha value is -1.92. The third kappa shape index (κ3) is 3.34. The van der Waals surface area contributed by atoms with Crippen LogP contribution in [0.3, 0.4) is 0 Å². The van der Waals surface area contributed by atoms with E-state index in [4.69, 9.17) is 22.7 Å². The zero-order valence-corrected chi connectivity index (χ0v) is 12.5. The minimum atomic E-state index is -0.148. The molecule has 3 N–H and O–H groups in total. The van der Waals surface area contributed by atoms with E-state index in [0.29, 0.717) is 27.8 Å². The SMILES string of the molecule is Cc1nn(C(=N)N)c(C)c1N=Nc1cccc(Cl)c1.Cl. The average molecular weight is 313 g/mol. The van der Waals surface area contributed by atoms with Gasteiger partial charge in [0.2, 0.25) is 5.96 Å². The van der Waals surface area contributed by atoms with Crippen molar-refractivity contribution in [1.82, 2.24) is 9.78 Å². The number of nitrogen functional groups attached to an aromatic ring is 1. The summed E-state index contributed by atoms with van der Waals surface area (Å²) in [7, 11) is 0. The number of nitrogens with zero attached hydrogens (tertiary/aromatic N) is 4. The fourth-order valence-corrected chi connectivity index (χ4v) is 1.84. The molecule has 1 aromatic heterocycles. The fraction of sp³-hybridized carbons (Fsp3) is 0.167. The van der Waals surface area contributed by atoms with E-state index in [-0.39, 0.29) is 18.4 Å². The summed E-state index contributed by atoms with van der Waals surface area (Å²) in [6, 6.07) is 7.08. The molecular formula is C12H14Cl2N6. The maximum Gasteiger partial charge on any atom is 0.213 e. The lowest BCUT2D eigenvalue weighted by atomic mass is 10.3. The molecule has 0 unspecified atom stereocenters. The molecule has 6 nitrogen and oxygen atoms in total. The van der Waals surface area contributed by atoms with Crippen molar-refractivity contribution in [3.05, 3.63) is 40.7 Å². The lowest BCUT2D eigenvalue weighted by Crippen LogP contribution is -2.22. The zero-order valence-electron chi connectivity index (χ0n) is 11.0. The Morgan fingerprint density at radius 2 is 2.05 bits per heavy atom. The van der Waals surface area contributed by atoms with Crippen molar-refractivity contribution in [2.24, 2.45) is 16.0 Å². The number of benzene rings is 1. The first-order chi connectivity index (χ1) is 8.99. The fourth-order valence-electron chi connectivity index (χ4n) is 1.66. The van der Waals surface area contributed by atoms with Crippen LogP contribution in [0, 0.1) is 19.3 Å². The standard InChI is InChI=1S/C12H13ClN6.ClH/c1-7-11(8(2)19(18-7)12(14)15)17-16-10-5-3-4-9(13)6-10;/h3-6H,1-2H3,(H3,14,15);1H. The predicted octanol–water partition coefficient (Wildman–Crippen LogP) is 3.73. The van der Waals surface area contributed by atoms with Crippen molar-refractivity contribution in [3.63, 3.8) is 0 Å². The molecule has 1 aromatic carbocycles. The highest BCUT2D eigenvalue weighted by Crippen LogP contribution is 2.26. The molecule has 0 amide bonds. The topological polar surface area (TPSA) is 92.4 Å². The van der Waals surface area contributed by atoms with Crippen LogP contribution >= 0.6 is 24.0 Å². The average Bonchev–Trinajstić information content (AvgIpc) is 2.63. The molecule has 0 aliphatic heterocycles. The van der Waals surface area contributed by atoms with Crippen LogP contribution in [0.4, 0.5) is 11.4 Å². The van der Waals surface area contributed by atoms with E-state index in [2.05, 4.69) is 15.3 Å². The predicted molar refractivity (Wildman–Crippen MR) is 81.9 cm³/mol. The van der Waals surface area contributed by atoms with Gasteiger partial charge >= 0.3 is 0 Å². The van der Waals surface area contributed by atoms with Gasteiger partial charge in [0.1, 0.15) is 5.69 Å². The van der Waals surface area contributed by atoms with Crippen LogP contribution in [0.15, 0.2) is 34.5 Å². The molecule has 0 saturated heterocycles. The maximum absolute atomic E-state index is 7.40. The molecule has 2 aromatic rings. The van der Waals surface area contributed by atoms with E-state index in [0.717, 1.165) is 0 Å². The Bertz CT molecular complexity index is 662. The highest BCUT2D eigenvalue weighted by atomic mass is 35.5. The van der Waals surface area contributed by atoms with Gasteiger partial charge in [0, 0.05) is 5.02 Å². The lowest BCUT2D eigenvalue weighted by Gasteiger charge is -1.98. The number of aryl methyl sites for hydroxylation is 1. The Morgan fingerprint density at radius 3 is 2.60 bits per heavy atom. The van der Waals surface area contributed by atoms with Crippen molar-refractivity contribution < 1.29 is 0 Å².